The fourth-order valence-corrected chi connectivity index (χ4v) is 2.79. The van der Waals surface area contributed by atoms with E-state index in [2.05, 4.69) is 15.3 Å². The van der Waals surface area contributed by atoms with Gasteiger partial charge in [-0.15, -0.1) is 0 Å². The van der Waals surface area contributed by atoms with Crippen LogP contribution in [0.15, 0.2) is 42.5 Å². The maximum atomic E-state index is 13.1. The molecule has 0 aliphatic carbocycles. The first kappa shape index (κ1) is 16.3. The van der Waals surface area contributed by atoms with E-state index in [1.807, 2.05) is 0 Å². The number of alkyl halides is 3. The second-order valence-corrected chi connectivity index (χ2v) is 5.84. The van der Waals surface area contributed by atoms with Gasteiger partial charge in [0.25, 0.3) is 0 Å². The Balaban J connectivity index is 1.76. The van der Waals surface area contributed by atoms with Gasteiger partial charge in [0.2, 0.25) is 17.6 Å². The third-order valence-corrected chi connectivity index (χ3v) is 4.01. The quantitative estimate of drug-likeness (QED) is 0.740. The number of ether oxygens (including phenoxy) is 1. The average molecular weight is 359 g/mol. The van der Waals surface area contributed by atoms with E-state index in [1.54, 1.807) is 36.4 Å². The zero-order valence-electron chi connectivity index (χ0n) is 13.3. The Labute approximate surface area is 145 Å². The zero-order valence-corrected chi connectivity index (χ0v) is 13.3. The van der Waals surface area contributed by atoms with Crippen LogP contribution in [0.2, 0.25) is 0 Å². The van der Waals surface area contributed by atoms with Gasteiger partial charge in [0.1, 0.15) is 5.75 Å². The largest absolute Gasteiger partial charge is 0.451 e. The molecule has 1 aliphatic rings. The first-order valence-electron chi connectivity index (χ1n) is 7.85. The van der Waals surface area contributed by atoms with Gasteiger partial charge < -0.3 is 10.1 Å². The lowest BCUT2D eigenvalue weighted by molar-refractivity contribution is -0.144. The maximum Gasteiger partial charge on any atom is 0.451 e. The summed E-state index contributed by atoms with van der Waals surface area (Å²) in [5.74, 6) is -1.14. The lowest BCUT2D eigenvalue weighted by Crippen LogP contribution is -2.18. The molecule has 0 fully saturated rings. The molecule has 1 amide bonds. The molecule has 2 heterocycles. The number of hydrogen-bond donors (Lipinski definition) is 1. The van der Waals surface area contributed by atoms with E-state index < -0.39 is 12.0 Å². The van der Waals surface area contributed by atoms with Gasteiger partial charge >= 0.3 is 6.18 Å². The number of amides is 1. The third kappa shape index (κ3) is 3.05. The van der Waals surface area contributed by atoms with Crippen LogP contribution in [0, 0.1) is 0 Å². The predicted octanol–water partition coefficient (Wildman–Crippen LogP) is 4.33. The molecular weight excluding hydrogens is 347 g/mol. The van der Waals surface area contributed by atoms with Crippen LogP contribution in [0.4, 0.5) is 18.9 Å². The summed E-state index contributed by atoms with van der Waals surface area (Å²) in [5.41, 5.74) is 1.68. The summed E-state index contributed by atoms with van der Waals surface area (Å²) < 4.78 is 44.9. The summed E-state index contributed by atoms with van der Waals surface area (Å²) in [6.07, 6.45) is -3.79. The summed E-state index contributed by atoms with van der Waals surface area (Å²) in [4.78, 5) is 18.5. The smallest absolute Gasteiger partial charge is 0.438 e. The SMILES string of the molecule is O=C1CCc2cc(Oc3nc(C(F)(F)F)nc4ccccc34)ccc2N1. The Morgan fingerprint density at radius 1 is 1.04 bits per heavy atom. The molecule has 8 heteroatoms. The normalized spacial score (nSPS) is 14.0. The second kappa shape index (κ2) is 5.98. The number of nitrogens with zero attached hydrogens (tertiary/aromatic N) is 2. The molecule has 2 aromatic carbocycles. The van der Waals surface area contributed by atoms with Crippen LogP contribution < -0.4 is 10.1 Å². The van der Waals surface area contributed by atoms with Crippen LogP contribution >= 0.6 is 0 Å². The molecule has 5 nitrogen and oxygen atoms in total. The van der Waals surface area contributed by atoms with Gasteiger partial charge in [-0.25, -0.2) is 4.98 Å². The summed E-state index contributed by atoms with van der Waals surface area (Å²) in [7, 11) is 0. The minimum Gasteiger partial charge on any atom is -0.438 e. The molecule has 1 aromatic heterocycles. The molecule has 0 bridgehead atoms. The van der Waals surface area contributed by atoms with Crippen LogP contribution in [-0.2, 0) is 17.4 Å². The van der Waals surface area contributed by atoms with Crippen molar-refractivity contribution in [3.8, 4) is 11.6 Å². The number of rotatable bonds is 2. The zero-order chi connectivity index (χ0) is 18.3. The van der Waals surface area contributed by atoms with Gasteiger partial charge in [0.15, 0.2) is 0 Å². The number of aromatic nitrogens is 2. The number of hydrogen-bond acceptors (Lipinski definition) is 4. The molecule has 0 saturated carbocycles. The third-order valence-electron chi connectivity index (χ3n) is 4.01. The number of anilines is 1. The Bertz CT molecular complexity index is 1020. The summed E-state index contributed by atoms with van der Waals surface area (Å²) >= 11 is 0. The summed E-state index contributed by atoms with van der Waals surface area (Å²) in [6.45, 7) is 0. The van der Waals surface area contributed by atoms with Crippen molar-refractivity contribution in [2.24, 2.45) is 0 Å². The van der Waals surface area contributed by atoms with Gasteiger partial charge in [-0.2, -0.15) is 18.2 Å². The van der Waals surface area contributed by atoms with Crippen molar-refractivity contribution in [2.45, 2.75) is 19.0 Å². The molecule has 132 valence electrons. The fourth-order valence-electron chi connectivity index (χ4n) is 2.79. The number of fused-ring (bicyclic) bond motifs is 2. The number of carbonyl (C=O) groups excluding carboxylic acids is 1. The van der Waals surface area contributed by atoms with Crippen LogP contribution in [0.1, 0.15) is 17.8 Å². The monoisotopic (exact) mass is 359 g/mol. The van der Waals surface area contributed by atoms with E-state index in [9.17, 15) is 18.0 Å². The number of halogens is 3. The Morgan fingerprint density at radius 2 is 1.85 bits per heavy atom. The van der Waals surface area contributed by atoms with Crippen molar-refractivity contribution >= 4 is 22.5 Å². The Hall–Kier alpha value is -3.16. The van der Waals surface area contributed by atoms with Crippen LogP contribution in [0.5, 0.6) is 11.6 Å². The van der Waals surface area contributed by atoms with Crippen LogP contribution in [-0.4, -0.2) is 15.9 Å². The molecule has 4 rings (SSSR count). The van der Waals surface area contributed by atoms with Crippen molar-refractivity contribution in [1.29, 1.82) is 0 Å². The molecule has 0 radical (unpaired) electrons. The minimum atomic E-state index is -4.68. The number of aryl methyl sites for hydroxylation is 1. The molecular formula is C18H12F3N3O2. The standard InChI is InChI=1S/C18H12F3N3O2/c19-18(20,21)17-23-14-4-2-1-3-12(14)16(24-17)26-11-6-7-13-10(9-11)5-8-15(25)22-13/h1-4,6-7,9H,5,8H2,(H,22,25). The van der Waals surface area contributed by atoms with E-state index in [4.69, 9.17) is 4.74 Å². The molecule has 3 aromatic rings. The second-order valence-electron chi connectivity index (χ2n) is 5.84. The van der Waals surface area contributed by atoms with Crippen LogP contribution in [0.3, 0.4) is 0 Å². The molecule has 26 heavy (non-hydrogen) atoms. The predicted molar refractivity (Wildman–Crippen MR) is 88.0 cm³/mol. The van der Waals surface area contributed by atoms with Crippen molar-refractivity contribution < 1.29 is 22.7 Å². The van der Waals surface area contributed by atoms with E-state index in [0.717, 1.165) is 5.56 Å². The lowest BCUT2D eigenvalue weighted by Gasteiger charge is -2.18. The van der Waals surface area contributed by atoms with Crippen molar-refractivity contribution in [1.82, 2.24) is 9.97 Å². The van der Waals surface area contributed by atoms with Crippen molar-refractivity contribution in [2.75, 3.05) is 5.32 Å². The average Bonchev–Trinajstić information content (AvgIpc) is 2.61. The van der Waals surface area contributed by atoms with E-state index in [1.165, 1.54) is 6.07 Å². The molecule has 1 N–H and O–H groups in total. The molecule has 0 saturated heterocycles. The van der Waals surface area contributed by atoms with Gasteiger partial charge in [0, 0.05) is 12.1 Å². The highest BCUT2D eigenvalue weighted by molar-refractivity contribution is 5.94. The minimum absolute atomic E-state index is 0.0669. The van der Waals surface area contributed by atoms with Crippen LogP contribution in [0.25, 0.3) is 10.9 Å². The number of benzene rings is 2. The van der Waals surface area contributed by atoms with Gasteiger partial charge in [-0.1, -0.05) is 12.1 Å². The van der Waals surface area contributed by atoms with Crippen molar-refractivity contribution in [3.05, 3.63) is 53.9 Å². The van der Waals surface area contributed by atoms with Crippen molar-refractivity contribution in [3.63, 3.8) is 0 Å². The lowest BCUT2D eigenvalue weighted by atomic mass is 10.0. The first-order valence-corrected chi connectivity index (χ1v) is 7.85. The first-order chi connectivity index (χ1) is 12.4. The highest BCUT2D eigenvalue weighted by atomic mass is 19.4. The van der Waals surface area contributed by atoms with Gasteiger partial charge in [0.05, 0.1) is 10.9 Å². The fraction of sp³-hybridized carbons (Fsp3) is 0.167. The Kier molecular flexibility index (Phi) is 3.75. The van der Waals surface area contributed by atoms with Gasteiger partial charge in [-0.05, 0) is 42.3 Å². The summed E-state index contributed by atoms with van der Waals surface area (Å²) in [6, 6.07) is 11.3. The Morgan fingerprint density at radius 3 is 2.65 bits per heavy atom. The van der Waals surface area contributed by atoms with Gasteiger partial charge in [-0.3, -0.25) is 4.79 Å². The molecule has 0 unspecified atom stereocenters. The number of carbonyl (C=O) groups is 1. The molecule has 0 spiro atoms. The summed E-state index contributed by atoms with van der Waals surface area (Å²) in [5, 5.41) is 3.12. The van der Waals surface area contributed by atoms with E-state index in [0.29, 0.717) is 29.7 Å². The maximum absolute atomic E-state index is 13.1. The highest BCUT2D eigenvalue weighted by Gasteiger charge is 2.36. The topological polar surface area (TPSA) is 64.1 Å². The van der Waals surface area contributed by atoms with E-state index >= 15 is 0 Å². The number of nitrogens with one attached hydrogen (secondary N) is 1. The molecule has 0 atom stereocenters. The number of para-hydroxylation sites is 1. The highest BCUT2D eigenvalue weighted by Crippen LogP contribution is 2.34. The molecule has 1 aliphatic heterocycles. The van der Waals surface area contributed by atoms with E-state index in [-0.39, 0.29) is 17.3 Å².